The first-order chi connectivity index (χ1) is 5.40. The van der Waals surface area contributed by atoms with Gasteiger partial charge in [0, 0.05) is 24.8 Å². The lowest BCUT2D eigenvalue weighted by Gasteiger charge is -1.95. The normalized spacial score (nSPS) is 14.5. The van der Waals surface area contributed by atoms with Gasteiger partial charge in [-0.1, -0.05) is 0 Å². The molecule has 2 heterocycles. The van der Waals surface area contributed by atoms with Crippen LogP contribution in [0.4, 0.5) is 0 Å². The molecule has 0 unspecified atom stereocenters. The number of hydrogen-bond donors (Lipinski definition) is 1. The Morgan fingerprint density at radius 3 is 3.27 bits per heavy atom. The van der Waals surface area contributed by atoms with Gasteiger partial charge >= 0.3 is 0 Å². The molecule has 3 nitrogen and oxygen atoms in total. The summed E-state index contributed by atoms with van der Waals surface area (Å²) in [6.45, 7) is 1.67. The number of carbonyl (C=O) groups is 1. The first-order valence-corrected chi connectivity index (χ1v) is 3.54. The standard InChI is InChI=1S/C8H8N2O/c11-5-6-1-7-3-9-4-8(7)10-2-6/h1-2,5,9H,3-4H2. The minimum absolute atomic E-state index is 0.660. The molecule has 0 fully saturated rings. The molecule has 0 bridgehead atoms. The van der Waals surface area contributed by atoms with Crippen molar-refractivity contribution in [3.8, 4) is 0 Å². The zero-order valence-corrected chi connectivity index (χ0v) is 6.00. The molecule has 1 aromatic heterocycles. The van der Waals surface area contributed by atoms with Crippen molar-refractivity contribution in [3.05, 3.63) is 29.1 Å². The number of rotatable bonds is 1. The molecular weight excluding hydrogens is 140 g/mol. The maximum atomic E-state index is 10.3. The summed E-state index contributed by atoms with van der Waals surface area (Å²) in [4.78, 5) is 14.5. The van der Waals surface area contributed by atoms with E-state index in [-0.39, 0.29) is 0 Å². The van der Waals surface area contributed by atoms with Gasteiger partial charge in [-0.2, -0.15) is 0 Å². The van der Waals surface area contributed by atoms with E-state index in [9.17, 15) is 4.79 Å². The van der Waals surface area contributed by atoms with Crippen molar-refractivity contribution < 1.29 is 4.79 Å². The molecule has 0 radical (unpaired) electrons. The SMILES string of the molecule is O=Cc1cnc2c(c1)CNC2. The summed E-state index contributed by atoms with van der Waals surface area (Å²) in [7, 11) is 0. The second-order valence-electron chi connectivity index (χ2n) is 2.60. The molecule has 3 heteroatoms. The lowest BCUT2D eigenvalue weighted by molar-refractivity contribution is 0.112. The van der Waals surface area contributed by atoms with Crippen LogP contribution in [0.25, 0.3) is 0 Å². The van der Waals surface area contributed by atoms with Crippen molar-refractivity contribution in [3.63, 3.8) is 0 Å². The molecule has 1 aliphatic rings. The molecule has 1 N–H and O–H groups in total. The average Bonchev–Trinajstić information content (AvgIpc) is 2.50. The summed E-state index contributed by atoms with van der Waals surface area (Å²) in [5, 5.41) is 3.16. The maximum Gasteiger partial charge on any atom is 0.151 e. The number of carbonyl (C=O) groups excluding carboxylic acids is 1. The van der Waals surface area contributed by atoms with Crippen LogP contribution < -0.4 is 5.32 Å². The highest BCUT2D eigenvalue weighted by Crippen LogP contribution is 2.12. The summed E-state index contributed by atoms with van der Waals surface area (Å²) < 4.78 is 0. The van der Waals surface area contributed by atoms with Gasteiger partial charge < -0.3 is 5.32 Å². The van der Waals surface area contributed by atoms with Crippen molar-refractivity contribution in [2.24, 2.45) is 0 Å². The van der Waals surface area contributed by atoms with Crippen LogP contribution in [0.15, 0.2) is 12.3 Å². The topological polar surface area (TPSA) is 42.0 Å². The zero-order chi connectivity index (χ0) is 7.68. The molecule has 0 aromatic carbocycles. The highest BCUT2D eigenvalue weighted by atomic mass is 16.1. The summed E-state index contributed by atoms with van der Waals surface area (Å²) in [6, 6.07) is 1.88. The number of hydrogen-bond acceptors (Lipinski definition) is 3. The highest BCUT2D eigenvalue weighted by molar-refractivity contribution is 5.74. The molecule has 0 atom stereocenters. The molecular formula is C8H8N2O. The van der Waals surface area contributed by atoms with E-state index in [0.717, 1.165) is 30.6 Å². The Balaban J connectivity index is 2.48. The smallest absolute Gasteiger partial charge is 0.151 e. The largest absolute Gasteiger partial charge is 0.307 e. The Morgan fingerprint density at radius 1 is 1.55 bits per heavy atom. The molecule has 0 saturated carbocycles. The fourth-order valence-electron chi connectivity index (χ4n) is 1.25. The Hall–Kier alpha value is -1.22. The predicted molar refractivity (Wildman–Crippen MR) is 40.2 cm³/mol. The van der Waals surface area contributed by atoms with Gasteiger partial charge in [-0.3, -0.25) is 9.78 Å². The summed E-state index contributed by atoms with van der Waals surface area (Å²) in [5.41, 5.74) is 2.87. The van der Waals surface area contributed by atoms with Crippen LogP contribution in [0, 0.1) is 0 Å². The quantitative estimate of drug-likeness (QED) is 0.589. The number of nitrogens with one attached hydrogen (secondary N) is 1. The third-order valence-electron chi connectivity index (χ3n) is 1.83. The van der Waals surface area contributed by atoms with Crippen LogP contribution >= 0.6 is 0 Å². The molecule has 0 saturated heterocycles. The van der Waals surface area contributed by atoms with Crippen molar-refractivity contribution in [2.45, 2.75) is 13.1 Å². The van der Waals surface area contributed by atoms with E-state index in [0.29, 0.717) is 5.56 Å². The molecule has 1 aromatic rings. The van der Waals surface area contributed by atoms with E-state index in [1.54, 1.807) is 6.20 Å². The zero-order valence-electron chi connectivity index (χ0n) is 6.00. The second kappa shape index (κ2) is 2.43. The molecule has 1 aliphatic heterocycles. The fourth-order valence-corrected chi connectivity index (χ4v) is 1.25. The van der Waals surface area contributed by atoms with Crippen molar-refractivity contribution in [1.29, 1.82) is 0 Å². The molecule has 0 aliphatic carbocycles. The lowest BCUT2D eigenvalue weighted by atomic mass is 10.2. The fraction of sp³-hybridized carbons (Fsp3) is 0.250. The van der Waals surface area contributed by atoms with Gasteiger partial charge in [0.2, 0.25) is 0 Å². The van der Waals surface area contributed by atoms with Crippen LogP contribution in [0.2, 0.25) is 0 Å². The number of aromatic nitrogens is 1. The van der Waals surface area contributed by atoms with E-state index in [4.69, 9.17) is 0 Å². The van der Waals surface area contributed by atoms with Gasteiger partial charge in [0.05, 0.1) is 5.69 Å². The van der Waals surface area contributed by atoms with Crippen molar-refractivity contribution >= 4 is 6.29 Å². The first kappa shape index (κ1) is 6.49. The predicted octanol–water partition coefficient (Wildman–Crippen LogP) is 0.497. The van der Waals surface area contributed by atoms with Gasteiger partial charge in [-0.25, -0.2) is 0 Å². The first-order valence-electron chi connectivity index (χ1n) is 3.54. The Kier molecular flexibility index (Phi) is 1.43. The second-order valence-corrected chi connectivity index (χ2v) is 2.60. The molecule has 0 amide bonds. The summed E-state index contributed by atoms with van der Waals surface area (Å²) in [6.07, 6.45) is 2.43. The number of aldehydes is 1. The van der Waals surface area contributed by atoms with Gasteiger partial charge in [0.25, 0.3) is 0 Å². The van der Waals surface area contributed by atoms with E-state index < -0.39 is 0 Å². The van der Waals surface area contributed by atoms with Crippen molar-refractivity contribution in [1.82, 2.24) is 10.3 Å². The van der Waals surface area contributed by atoms with Gasteiger partial charge in [0.15, 0.2) is 6.29 Å². The molecule has 56 valence electrons. The van der Waals surface area contributed by atoms with E-state index in [1.165, 1.54) is 0 Å². The lowest BCUT2D eigenvalue weighted by Crippen LogP contribution is -2.00. The Bertz CT molecular complexity index is 296. The molecule has 0 spiro atoms. The monoisotopic (exact) mass is 148 g/mol. The van der Waals surface area contributed by atoms with Crippen LogP contribution in [0.5, 0.6) is 0 Å². The minimum atomic E-state index is 0.660. The molecule has 11 heavy (non-hydrogen) atoms. The third-order valence-corrected chi connectivity index (χ3v) is 1.83. The van der Waals surface area contributed by atoms with Crippen LogP contribution in [0.1, 0.15) is 21.6 Å². The maximum absolute atomic E-state index is 10.3. The van der Waals surface area contributed by atoms with Gasteiger partial charge in [0.1, 0.15) is 0 Å². The number of pyridine rings is 1. The average molecular weight is 148 g/mol. The summed E-state index contributed by atoms with van der Waals surface area (Å²) >= 11 is 0. The van der Waals surface area contributed by atoms with Crippen molar-refractivity contribution in [2.75, 3.05) is 0 Å². The molecule has 2 rings (SSSR count). The van der Waals surface area contributed by atoms with E-state index >= 15 is 0 Å². The summed E-state index contributed by atoms with van der Waals surface area (Å²) in [5.74, 6) is 0. The Morgan fingerprint density at radius 2 is 2.45 bits per heavy atom. The van der Waals surface area contributed by atoms with Crippen LogP contribution in [-0.4, -0.2) is 11.3 Å². The third kappa shape index (κ3) is 1.03. The highest BCUT2D eigenvalue weighted by Gasteiger charge is 2.10. The number of fused-ring (bicyclic) bond motifs is 1. The van der Waals surface area contributed by atoms with Gasteiger partial charge in [-0.05, 0) is 11.6 Å². The van der Waals surface area contributed by atoms with Gasteiger partial charge in [-0.15, -0.1) is 0 Å². The van der Waals surface area contributed by atoms with Crippen LogP contribution in [0.3, 0.4) is 0 Å². The minimum Gasteiger partial charge on any atom is -0.307 e. The van der Waals surface area contributed by atoms with E-state index in [1.807, 2.05) is 6.07 Å². The Labute approximate surface area is 64.5 Å². The number of nitrogens with zero attached hydrogens (tertiary/aromatic N) is 1. The van der Waals surface area contributed by atoms with Crippen LogP contribution in [-0.2, 0) is 13.1 Å². The van der Waals surface area contributed by atoms with E-state index in [2.05, 4.69) is 10.3 Å².